The third kappa shape index (κ3) is 5.57. The Hall–Kier alpha value is -1.87. The van der Waals surface area contributed by atoms with Gasteiger partial charge in [0.2, 0.25) is 0 Å². The van der Waals surface area contributed by atoms with Crippen molar-refractivity contribution in [2.45, 2.75) is 0 Å². The summed E-state index contributed by atoms with van der Waals surface area (Å²) < 4.78 is 12.7. The lowest BCUT2D eigenvalue weighted by Gasteiger charge is -2.12. The van der Waals surface area contributed by atoms with Gasteiger partial charge in [-0.15, -0.1) is 0 Å². The molecule has 0 spiro atoms. The Morgan fingerprint density at radius 2 is 2.20 bits per heavy atom. The first-order chi connectivity index (χ1) is 12.0. The SMILES string of the molecule is C=CCOc1c(I)cc(/C=N\NC(=O)c2cccc(Br)c2)cc1OC. The van der Waals surface area contributed by atoms with Crippen LogP contribution < -0.4 is 14.9 Å². The molecule has 1 amide bonds. The number of nitrogens with zero attached hydrogens (tertiary/aromatic N) is 1. The largest absolute Gasteiger partial charge is 0.493 e. The summed E-state index contributed by atoms with van der Waals surface area (Å²) in [5.41, 5.74) is 3.80. The van der Waals surface area contributed by atoms with E-state index in [2.05, 4.69) is 55.6 Å². The minimum atomic E-state index is -0.287. The van der Waals surface area contributed by atoms with Crippen LogP contribution in [0.5, 0.6) is 11.5 Å². The summed E-state index contributed by atoms with van der Waals surface area (Å²) in [6, 6.07) is 10.8. The van der Waals surface area contributed by atoms with E-state index in [0.29, 0.717) is 23.7 Å². The average molecular weight is 515 g/mol. The van der Waals surface area contributed by atoms with E-state index in [1.54, 1.807) is 43.7 Å². The molecule has 0 fully saturated rings. The number of methoxy groups -OCH3 is 1. The van der Waals surface area contributed by atoms with Gasteiger partial charge in [0, 0.05) is 10.0 Å². The number of carbonyl (C=O) groups excluding carboxylic acids is 1. The normalized spacial score (nSPS) is 10.5. The maximum Gasteiger partial charge on any atom is 0.271 e. The van der Waals surface area contributed by atoms with Gasteiger partial charge in [0.25, 0.3) is 5.91 Å². The molecule has 0 saturated carbocycles. The summed E-state index contributed by atoms with van der Waals surface area (Å²) in [4.78, 5) is 12.0. The van der Waals surface area contributed by atoms with Crippen molar-refractivity contribution in [2.24, 2.45) is 5.10 Å². The van der Waals surface area contributed by atoms with Gasteiger partial charge in [-0.25, -0.2) is 5.43 Å². The van der Waals surface area contributed by atoms with Crippen LogP contribution in [-0.2, 0) is 0 Å². The van der Waals surface area contributed by atoms with Crippen molar-refractivity contribution in [1.82, 2.24) is 5.43 Å². The zero-order chi connectivity index (χ0) is 18.2. The zero-order valence-corrected chi connectivity index (χ0v) is 17.2. The highest BCUT2D eigenvalue weighted by molar-refractivity contribution is 14.1. The zero-order valence-electron chi connectivity index (χ0n) is 13.5. The molecule has 2 rings (SSSR count). The van der Waals surface area contributed by atoms with Crippen molar-refractivity contribution in [3.8, 4) is 11.5 Å². The highest BCUT2D eigenvalue weighted by Crippen LogP contribution is 2.33. The van der Waals surface area contributed by atoms with E-state index in [0.717, 1.165) is 13.6 Å². The van der Waals surface area contributed by atoms with Gasteiger partial charge in [-0.2, -0.15) is 5.10 Å². The molecule has 5 nitrogen and oxygen atoms in total. The van der Waals surface area contributed by atoms with Crippen LogP contribution in [-0.4, -0.2) is 25.8 Å². The maximum absolute atomic E-state index is 12.0. The van der Waals surface area contributed by atoms with Gasteiger partial charge in [-0.1, -0.05) is 34.7 Å². The predicted octanol–water partition coefficient (Wildman–Crippen LogP) is 4.39. The second-order valence-electron chi connectivity index (χ2n) is 4.84. The molecule has 0 heterocycles. The van der Waals surface area contributed by atoms with Gasteiger partial charge in [-0.3, -0.25) is 4.79 Å². The molecule has 0 aliphatic rings. The first kappa shape index (κ1) is 19.5. The molecule has 0 atom stereocenters. The summed E-state index contributed by atoms with van der Waals surface area (Å²) in [6.07, 6.45) is 3.22. The number of hydrogen-bond acceptors (Lipinski definition) is 4. The first-order valence-electron chi connectivity index (χ1n) is 7.25. The van der Waals surface area contributed by atoms with Crippen LogP contribution in [0.1, 0.15) is 15.9 Å². The van der Waals surface area contributed by atoms with Crippen molar-refractivity contribution in [3.05, 3.63) is 68.2 Å². The van der Waals surface area contributed by atoms with E-state index in [4.69, 9.17) is 9.47 Å². The van der Waals surface area contributed by atoms with Crippen molar-refractivity contribution >= 4 is 50.6 Å². The number of ether oxygens (including phenoxy) is 2. The van der Waals surface area contributed by atoms with Crippen LogP contribution in [0.3, 0.4) is 0 Å². The molecule has 25 heavy (non-hydrogen) atoms. The van der Waals surface area contributed by atoms with Crippen LogP contribution in [0.4, 0.5) is 0 Å². The predicted molar refractivity (Wildman–Crippen MR) is 111 cm³/mol. The number of hydrogen-bond donors (Lipinski definition) is 1. The lowest BCUT2D eigenvalue weighted by molar-refractivity contribution is 0.0955. The number of rotatable bonds is 7. The number of amides is 1. The Balaban J connectivity index is 2.11. The Bertz CT molecular complexity index is 809. The molecule has 1 N–H and O–H groups in total. The maximum atomic E-state index is 12.0. The summed E-state index contributed by atoms with van der Waals surface area (Å²) in [7, 11) is 1.57. The third-order valence-corrected chi connectivity index (χ3v) is 4.36. The van der Waals surface area contributed by atoms with Crippen molar-refractivity contribution in [3.63, 3.8) is 0 Å². The number of hydrazone groups is 1. The lowest BCUT2D eigenvalue weighted by Crippen LogP contribution is -2.17. The van der Waals surface area contributed by atoms with Gasteiger partial charge >= 0.3 is 0 Å². The van der Waals surface area contributed by atoms with Crippen molar-refractivity contribution in [1.29, 1.82) is 0 Å². The third-order valence-electron chi connectivity index (χ3n) is 3.06. The quantitative estimate of drug-likeness (QED) is 0.258. The molecule has 0 aromatic heterocycles. The molecule has 2 aromatic rings. The van der Waals surface area contributed by atoms with Crippen molar-refractivity contribution in [2.75, 3.05) is 13.7 Å². The van der Waals surface area contributed by atoms with E-state index in [-0.39, 0.29) is 5.91 Å². The van der Waals surface area contributed by atoms with Crippen LogP contribution in [0, 0.1) is 3.57 Å². The minimum absolute atomic E-state index is 0.287. The summed E-state index contributed by atoms with van der Waals surface area (Å²) in [6.45, 7) is 4.02. The number of benzene rings is 2. The van der Waals surface area contributed by atoms with Crippen LogP contribution in [0.2, 0.25) is 0 Å². The number of nitrogens with one attached hydrogen (secondary N) is 1. The van der Waals surface area contributed by atoms with Gasteiger partial charge in [-0.05, 0) is 58.5 Å². The fourth-order valence-corrected chi connectivity index (χ4v) is 3.14. The number of carbonyl (C=O) groups is 1. The van der Waals surface area contributed by atoms with Crippen LogP contribution in [0.15, 0.2) is 58.6 Å². The summed E-state index contributed by atoms with van der Waals surface area (Å²) >= 11 is 5.49. The molecule has 0 aliphatic heterocycles. The first-order valence-corrected chi connectivity index (χ1v) is 9.12. The molecular formula is C18H16BrIN2O3. The fraction of sp³-hybridized carbons (Fsp3) is 0.111. The fourth-order valence-electron chi connectivity index (χ4n) is 1.96. The number of halogens is 2. The van der Waals surface area contributed by atoms with E-state index >= 15 is 0 Å². The molecular weight excluding hydrogens is 499 g/mol. The summed E-state index contributed by atoms with van der Waals surface area (Å²) in [5.74, 6) is 0.956. The molecule has 0 unspecified atom stereocenters. The smallest absolute Gasteiger partial charge is 0.271 e. The Kier molecular flexibility index (Phi) is 7.45. The van der Waals surface area contributed by atoms with Gasteiger partial charge < -0.3 is 9.47 Å². The van der Waals surface area contributed by atoms with Crippen molar-refractivity contribution < 1.29 is 14.3 Å². The van der Waals surface area contributed by atoms with Gasteiger partial charge in [0.1, 0.15) is 6.61 Å². The Labute approximate surface area is 168 Å². The Morgan fingerprint density at radius 3 is 2.88 bits per heavy atom. The molecule has 7 heteroatoms. The summed E-state index contributed by atoms with van der Waals surface area (Å²) in [5, 5.41) is 4.00. The molecule has 0 radical (unpaired) electrons. The van der Waals surface area contributed by atoms with Crippen LogP contribution >= 0.6 is 38.5 Å². The van der Waals surface area contributed by atoms with E-state index in [1.165, 1.54) is 0 Å². The molecule has 0 bridgehead atoms. The highest BCUT2D eigenvalue weighted by Gasteiger charge is 2.11. The Morgan fingerprint density at radius 1 is 1.40 bits per heavy atom. The molecule has 0 aliphatic carbocycles. The minimum Gasteiger partial charge on any atom is -0.493 e. The van der Waals surface area contributed by atoms with Gasteiger partial charge in [0.05, 0.1) is 16.9 Å². The molecule has 130 valence electrons. The van der Waals surface area contributed by atoms with E-state index in [1.807, 2.05) is 12.1 Å². The van der Waals surface area contributed by atoms with E-state index in [9.17, 15) is 4.79 Å². The second-order valence-corrected chi connectivity index (χ2v) is 6.92. The monoisotopic (exact) mass is 514 g/mol. The molecule has 2 aromatic carbocycles. The second kappa shape index (κ2) is 9.57. The lowest BCUT2D eigenvalue weighted by atomic mass is 10.2. The highest BCUT2D eigenvalue weighted by atomic mass is 127. The van der Waals surface area contributed by atoms with Crippen LogP contribution in [0.25, 0.3) is 0 Å². The molecule has 0 saturated heterocycles. The van der Waals surface area contributed by atoms with Gasteiger partial charge in [0.15, 0.2) is 11.5 Å². The average Bonchev–Trinajstić information content (AvgIpc) is 2.60. The standard InChI is InChI=1S/C18H16BrIN2O3/c1-3-7-25-17-15(20)8-12(9-16(17)24-2)11-21-22-18(23)13-5-4-6-14(19)10-13/h3-6,8-11H,1,7H2,2H3,(H,22,23)/b21-11-. The topological polar surface area (TPSA) is 59.9 Å². The van der Waals surface area contributed by atoms with E-state index < -0.39 is 0 Å².